The van der Waals surface area contributed by atoms with Gasteiger partial charge >= 0.3 is 0 Å². The van der Waals surface area contributed by atoms with Crippen LogP contribution in [0.3, 0.4) is 0 Å². The summed E-state index contributed by atoms with van der Waals surface area (Å²) in [5, 5.41) is 7.23. The van der Waals surface area contributed by atoms with Crippen molar-refractivity contribution in [3.8, 4) is 17.1 Å². The molecule has 6 rings (SSSR count). The van der Waals surface area contributed by atoms with E-state index >= 15 is 0 Å². The lowest BCUT2D eigenvalue weighted by molar-refractivity contribution is 0.321. The molecule has 37 heavy (non-hydrogen) atoms. The summed E-state index contributed by atoms with van der Waals surface area (Å²) in [7, 11) is 0. The number of rotatable bonds is 7. The Morgan fingerprint density at radius 2 is 1.95 bits per heavy atom. The molecular formula is C27H27F2N7O. The van der Waals surface area contributed by atoms with Gasteiger partial charge < -0.3 is 20.3 Å². The molecule has 4 aromatic rings. The van der Waals surface area contributed by atoms with Crippen molar-refractivity contribution in [2.45, 2.75) is 25.7 Å². The van der Waals surface area contributed by atoms with E-state index in [4.69, 9.17) is 14.7 Å². The molecule has 0 unspecified atom stereocenters. The molecule has 1 saturated carbocycles. The van der Waals surface area contributed by atoms with Gasteiger partial charge in [0.2, 0.25) is 0 Å². The highest BCUT2D eigenvalue weighted by Crippen LogP contribution is 2.45. The molecular weight excluding hydrogens is 476 g/mol. The zero-order valence-corrected chi connectivity index (χ0v) is 20.5. The number of hydrogen-bond acceptors (Lipinski definition) is 8. The minimum atomic E-state index is -0.810. The molecule has 3 aromatic heterocycles. The van der Waals surface area contributed by atoms with Crippen LogP contribution >= 0.6 is 0 Å². The molecule has 10 heteroatoms. The average Bonchev–Trinajstić information content (AvgIpc) is 3.78. The molecule has 1 aromatic carbocycles. The van der Waals surface area contributed by atoms with Crippen molar-refractivity contribution >= 4 is 28.2 Å². The third kappa shape index (κ3) is 4.64. The molecule has 8 nitrogen and oxygen atoms in total. The van der Waals surface area contributed by atoms with Gasteiger partial charge in [0.05, 0.1) is 18.3 Å². The number of fused-ring (bicyclic) bond motifs is 1. The number of nitrogens with one attached hydrogen (secondary N) is 2. The zero-order chi connectivity index (χ0) is 25.4. The van der Waals surface area contributed by atoms with Crippen molar-refractivity contribution in [1.29, 1.82) is 0 Å². The molecule has 2 N–H and O–H groups in total. The van der Waals surface area contributed by atoms with Crippen molar-refractivity contribution in [3.05, 3.63) is 60.1 Å². The molecule has 0 atom stereocenters. The van der Waals surface area contributed by atoms with Crippen LogP contribution in [0.25, 0.3) is 22.3 Å². The Balaban J connectivity index is 1.41. The van der Waals surface area contributed by atoms with E-state index in [-0.39, 0.29) is 23.9 Å². The van der Waals surface area contributed by atoms with Crippen LogP contribution in [0, 0.1) is 11.6 Å². The van der Waals surface area contributed by atoms with E-state index in [1.165, 1.54) is 11.6 Å². The van der Waals surface area contributed by atoms with Crippen molar-refractivity contribution in [1.82, 2.24) is 25.3 Å². The lowest BCUT2D eigenvalue weighted by atomic mass is 10.1. The standard InChI is InChI=1S/C27H27F2N7O/c1-2-37-21-6-5-19(28)25(24(21)29)34-22-13-17(7-8-32-22)26-33-20-15-31-14-18(16-3-4-16)23(20)27(35-26)36-11-9-30-10-12-36/h5-8,13-16,30H,2-4,9-12H2,1H3,(H,32,34). The Bertz CT molecular complexity index is 1450. The SMILES string of the molecule is CCOc1ccc(F)c(Nc2cc(-c3nc(N4CCNCC4)c4c(C5CC5)cncc4n3)ccn2)c1F. The minimum absolute atomic E-state index is 0.0277. The Labute approximate surface area is 213 Å². The fourth-order valence-electron chi connectivity index (χ4n) is 4.71. The lowest BCUT2D eigenvalue weighted by Gasteiger charge is -2.30. The summed E-state index contributed by atoms with van der Waals surface area (Å²) in [6.07, 6.45) is 7.60. The number of hydrogen-bond donors (Lipinski definition) is 2. The number of ether oxygens (including phenoxy) is 1. The maximum Gasteiger partial charge on any atom is 0.191 e. The number of benzene rings is 1. The summed E-state index contributed by atoms with van der Waals surface area (Å²) in [6.45, 7) is 5.45. The first-order chi connectivity index (χ1) is 18.1. The Morgan fingerprint density at radius 1 is 1.11 bits per heavy atom. The molecule has 0 amide bonds. The summed E-state index contributed by atoms with van der Waals surface area (Å²) >= 11 is 0. The molecule has 2 fully saturated rings. The number of nitrogens with zero attached hydrogens (tertiary/aromatic N) is 5. The highest BCUT2D eigenvalue weighted by molar-refractivity contribution is 5.94. The predicted molar refractivity (Wildman–Crippen MR) is 138 cm³/mol. The molecule has 1 aliphatic heterocycles. The van der Waals surface area contributed by atoms with Crippen LogP contribution in [0.2, 0.25) is 0 Å². The van der Waals surface area contributed by atoms with Crippen molar-refractivity contribution in [3.63, 3.8) is 0 Å². The van der Waals surface area contributed by atoms with Gasteiger partial charge in [-0.1, -0.05) is 0 Å². The number of pyridine rings is 2. The number of anilines is 3. The van der Waals surface area contributed by atoms with Gasteiger partial charge in [0, 0.05) is 49.5 Å². The number of piperazine rings is 1. The van der Waals surface area contributed by atoms with Gasteiger partial charge in [-0.2, -0.15) is 0 Å². The summed E-state index contributed by atoms with van der Waals surface area (Å²) in [5.74, 6) is 0.594. The molecule has 4 heterocycles. The van der Waals surface area contributed by atoms with Crippen LogP contribution in [0.5, 0.6) is 5.75 Å². The number of aromatic nitrogens is 4. The Morgan fingerprint density at radius 3 is 2.73 bits per heavy atom. The maximum absolute atomic E-state index is 14.9. The van der Waals surface area contributed by atoms with Crippen LogP contribution in [0.4, 0.5) is 26.1 Å². The third-order valence-electron chi connectivity index (χ3n) is 6.68. The summed E-state index contributed by atoms with van der Waals surface area (Å²) in [4.78, 5) is 20.9. The van der Waals surface area contributed by atoms with E-state index in [1.807, 2.05) is 6.20 Å². The maximum atomic E-state index is 14.9. The first-order valence-electron chi connectivity index (χ1n) is 12.6. The molecule has 0 bridgehead atoms. The molecule has 2 aliphatic rings. The highest BCUT2D eigenvalue weighted by atomic mass is 19.1. The van der Waals surface area contributed by atoms with E-state index in [9.17, 15) is 8.78 Å². The highest BCUT2D eigenvalue weighted by Gasteiger charge is 2.29. The quantitative estimate of drug-likeness (QED) is 0.372. The average molecular weight is 504 g/mol. The van der Waals surface area contributed by atoms with Crippen LogP contribution < -0.4 is 20.3 Å². The van der Waals surface area contributed by atoms with Gasteiger partial charge in [0.1, 0.15) is 23.1 Å². The second-order valence-electron chi connectivity index (χ2n) is 9.23. The zero-order valence-electron chi connectivity index (χ0n) is 20.5. The van der Waals surface area contributed by atoms with Crippen molar-refractivity contribution < 1.29 is 13.5 Å². The lowest BCUT2D eigenvalue weighted by Crippen LogP contribution is -2.44. The summed E-state index contributed by atoms with van der Waals surface area (Å²) < 4.78 is 34.6. The van der Waals surface area contributed by atoms with E-state index in [0.29, 0.717) is 17.3 Å². The largest absolute Gasteiger partial charge is 0.491 e. The molecule has 1 aliphatic carbocycles. The van der Waals surface area contributed by atoms with Gasteiger partial charge in [0.15, 0.2) is 17.4 Å². The van der Waals surface area contributed by atoms with E-state index in [2.05, 4.69) is 25.5 Å². The normalized spacial score (nSPS) is 15.7. The van der Waals surface area contributed by atoms with Crippen molar-refractivity contribution in [2.24, 2.45) is 0 Å². The summed E-state index contributed by atoms with van der Waals surface area (Å²) in [5.41, 5.74) is 2.34. The Kier molecular flexibility index (Phi) is 6.25. The van der Waals surface area contributed by atoms with Gasteiger partial charge in [-0.25, -0.2) is 23.7 Å². The fourth-order valence-corrected chi connectivity index (χ4v) is 4.71. The third-order valence-corrected chi connectivity index (χ3v) is 6.68. The van der Waals surface area contributed by atoms with Gasteiger partial charge in [-0.3, -0.25) is 4.98 Å². The van der Waals surface area contributed by atoms with Crippen LogP contribution in [-0.2, 0) is 0 Å². The molecule has 0 spiro atoms. The topological polar surface area (TPSA) is 88.1 Å². The second-order valence-corrected chi connectivity index (χ2v) is 9.23. The molecule has 1 saturated heterocycles. The van der Waals surface area contributed by atoms with Crippen LogP contribution in [0.15, 0.2) is 42.9 Å². The number of halogens is 2. The molecule has 0 radical (unpaired) electrons. The fraction of sp³-hybridized carbons (Fsp3) is 0.333. The van der Waals surface area contributed by atoms with E-state index < -0.39 is 11.6 Å². The predicted octanol–water partition coefficient (Wildman–Crippen LogP) is 4.79. The van der Waals surface area contributed by atoms with E-state index in [1.54, 1.807) is 31.5 Å². The smallest absolute Gasteiger partial charge is 0.191 e. The van der Waals surface area contributed by atoms with Crippen molar-refractivity contribution in [2.75, 3.05) is 43.0 Å². The monoisotopic (exact) mass is 503 g/mol. The van der Waals surface area contributed by atoms with Crippen LogP contribution in [0.1, 0.15) is 31.2 Å². The summed E-state index contributed by atoms with van der Waals surface area (Å²) in [6, 6.07) is 5.91. The van der Waals surface area contributed by atoms with Gasteiger partial charge in [0.25, 0.3) is 0 Å². The Hall–Kier alpha value is -3.92. The first kappa shape index (κ1) is 23.5. The minimum Gasteiger partial charge on any atom is -0.491 e. The van der Waals surface area contributed by atoms with Gasteiger partial charge in [-0.05, 0) is 55.5 Å². The van der Waals surface area contributed by atoms with E-state index in [0.717, 1.165) is 61.8 Å². The molecule has 190 valence electrons. The first-order valence-corrected chi connectivity index (χ1v) is 12.6. The van der Waals surface area contributed by atoms with Crippen LogP contribution in [-0.4, -0.2) is 52.7 Å². The second kappa shape index (κ2) is 9.85. The van der Waals surface area contributed by atoms with Gasteiger partial charge in [-0.15, -0.1) is 0 Å².